The average Bonchev–Trinajstić information content (AvgIpc) is 2.61. The Morgan fingerprint density at radius 2 is 1.88 bits per heavy atom. The second kappa shape index (κ2) is 7.18. The number of nitrogens with zero attached hydrogens (tertiary/aromatic N) is 1. The molecule has 132 valence electrons. The summed E-state index contributed by atoms with van der Waals surface area (Å²) in [6.07, 6.45) is 1.99. The summed E-state index contributed by atoms with van der Waals surface area (Å²) in [6.45, 7) is 7.11. The summed E-state index contributed by atoms with van der Waals surface area (Å²) in [5, 5.41) is 3.12. The Hall–Kier alpha value is -2.49. The Kier molecular flexibility index (Phi) is 4.98. The molecule has 0 aliphatic carbocycles. The smallest absolute Gasteiger partial charge is 0.246 e. The summed E-state index contributed by atoms with van der Waals surface area (Å²) in [5.74, 6) is 0.380. The Balaban J connectivity index is 1.82. The van der Waals surface area contributed by atoms with E-state index >= 15 is 0 Å². The van der Waals surface area contributed by atoms with Crippen molar-refractivity contribution in [2.24, 2.45) is 0 Å². The summed E-state index contributed by atoms with van der Waals surface area (Å²) < 4.78 is 0. The van der Waals surface area contributed by atoms with Gasteiger partial charge in [0.05, 0.1) is 0 Å². The number of hydrogen-bond donors (Lipinski definition) is 2. The number of rotatable bonds is 4. The summed E-state index contributed by atoms with van der Waals surface area (Å²) in [5.41, 5.74) is 11.3. The fourth-order valence-electron chi connectivity index (χ4n) is 3.58. The Morgan fingerprint density at radius 1 is 1.12 bits per heavy atom. The van der Waals surface area contributed by atoms with Crippen LogP contribution in [0, 0.1) is 0 Å². The molecule has 0 fully saturated rings. The molecule has 1 unspecified atom stereocenters. The Labute approximate surface area is 150 Å². The zero-order chi connectivity index (χ0) is 18.0. The van der Waals surface area contributed by atoms with Crippen LogP contribution >= 0.6 is 0 Å². The molecule has 25 heavy (non-hydrogen) atoms. The first-order valence-electron chi connectivity index (χ1n) is 9.03. The molecule has 3 rings (SSSR count). The summed E-state index contributed by atoms with van der Waals surface area (Å²) in [4.78, 5) is 15.1. The minimum atomic E-state index is -0.249. The minimum Gasteiger partial charge on any atom is -0.398 e. The molecule has 1 aliphatic heterocycles. The van der Waals surface area contributed by atoms with Crippen LogP contribution < -0.4 is 16.0 Å². The lowest BCUT2D eigenvalue weighted by Crippen LogP contribution is -2.45. The van der Waals surface area contributed by atoms with Gasteiger partial charge in [0.1, 0.15) is 6.04 Å². The number of anilines is 3. The fourth-order valence-corrected chi connectivity index (χ4v) is 3.58. The molecular formula is C21H27N3O. The predicted octanol–water partition coefficient (Wildman–Crippen LogP) is 4.17. The van der Waals surface area contributed by atoms with Crippen LogP contribution in [0.2, 0.25) is 0 Å². The maximum absolute atomic E-state index is 12.9. The van der Waals surface area contributed by atoms with Gasteiger partial charge in [0.25, 0.3) is 0 Å². The van der Waals surface area contributed by atoms with Crippen molar-refractivity contribution in [2.45, 2.75) is 45.6 Å². The highest BCUT2D eigenvalue weighted by Gasteiger charge is 2.27. The van der Waals surface area contributed by atoms with Gasteiger partial charge in [-0.15, -0.1) is 0 Å². The van der Waals surface area contributed by atoms with Gasteiger partial charge < -0.3 is 16.0 Å². The van der Waals surface area contributed by atoms with Crippen LogP contribution in [-0.2, 0) is 11.2 Å². The summed E-state index contributed by atoms with van der Waals surface area (Å²) >= 11 is 0. The Morgan fingerprint density at radius 3 is 2.64 bits per heavy atom. The van der Waals surface area contributed by atoms with E-state index in [1.807, 2.05) is 37.3 Å². The van der Waals surface area contributed by atoms with Crippen LogP contribution in [-0.4, -0.2) is 18.5 Å². The lowest BCUT2D eigenvalue weighted by atomic mass is 9.98. The fraction of sp³-hybridized carbons (Fsp3) is 0.381. The van der Waals surface area contributed by atoms with E-state index in [0.717, 1.165) is 47.6 Å². The van der Waals surface area contributed by atoms with Gasteiger partial charge in [0, 0.05) is 23.6 Å². The number of carbonyl (C=O) groups excluding carboxylic acids is 1. The van der Waals surface area contributed by atoms with E-state index < -0.39 is 0 Å². The molecule has 0 saturated carbocycles. The van der Waals surface area contributed by atoms with Crippen molar-refractivity contribution in [3.8, 4) is 0 Å². The number of nitrogens with two attached hydrogens (primary N) is 1. The monoisotopic (exact) mass is 337 g/mol. The topological polar surface area (TPSA) is 58.4 Å². The highest BCUT2D eigenvalue weighted by molar-refractivity contribution is 5.97. The maximum Gasteiger partial charge on any atom is 0.246 e. The van der Waals surface area contributed by atoms with Crippen LogP contribution in [0.1, 0.15) is 44.2 Å². The molecule has 4 nitrogen and oxygen atoms in total. The standard InChI is InChI=1S/C21H27N3O/c1-14(2)16-8-4-5-11-19(16)23-21(25)15(3)24-13-7-9-17-18(22)10-6-12-20(17)24/h4-6,8,10-12,14-15H,7,9,13,22H2,1-3H3,(H,23,25). The predicted molar refractivity (Wildman–Crippen MR) is 105 cm³/mol. The number of nitrogen functional groups attached to an aromatic ring is 1. The SMILES string of the molecule is CC(C)c1ccccc1NC(=O)C(C)N1CCCc2c(N)cccc21. The molecule has 1 aliphatic rings. The van der Waals surface area contributed by atoms with Crippen molar-refractivity contribution in [2.75, 3.05) is 22.5 Å². The zero-order valence-corrected chi connectivity index (χ0v) is 15.3. The van der Waals surface area contributed by atoms with Gasteiger partial charge in [-0.1, -0.05) is 38.1 Å². The van der Waals surface area contributed by atoms with Gasteiger partial charge in [-0.25, -0.2) is 0 Å². The molecule has 3 N–H and O–H groups in total. The first kappa shape index (κ1) is 17.3. The van der Waals surface area contributed by atoms with Crippen molar-refractivity contribution >= 4 is 23.0 Å². The van der Waals surface area contributed by atoms with Gasteiger partial charge in [-0.3, -0.25) is 4.79 Å². The van der Waals surface area contributed by atoms with Gasteiger partial charge in [0.2, 0.25) is 5.91 Å². The van der Waals surface area contributed by atoms with Crippen LogP contribution in [0.3, 0.4) is 0 Å². The third-order valence-corrected chi connectivity index (χ3v) is 5.01. The van der Waals surface area contributed by atoms with Crippen molar-refractivity contribution in [1.82, 2.24) is 0 Å². The number of nitrogens with one attached hydrogen (secondary N) is 1. The zero-order valence-electron chi connectivity index (χ0n) is 15.3. The van der Waals surface area contributed by atoms with Crippen LogP contribution in [0.5, 0.6) is 0 Å². The van der Waals surface area contributed by atoms with E-state index in [9.17, 15) is 4.79 Å². The molecule has 0 spiro atoms. The third kappa shape index (κ3) is 3.48. The summed E-state index contributed by atoms with van der Waals surface area (Å²) in [7, 11) is 0. The van der Waals surface area contributed by atoms with E-state index in [1.165, 1.54) is 0 Å². The molecule has 0 radical (unpaired) electrons. The lowest BCUT2D eigenvalue weighted by molar-refractivity contribution is -0.117. The van der Waals surface area contributed by atoms with Gasteiger partial charge in [-0.05, 0) is 55.0 Å². The molecule has 2 aromatic carbocycles. The van der Waals surface area contributed by atoms with E-state index in [2.05, 4.69) is 36.2 Å². The molecular weight excluding hydrogens is 310 g/mol. The number of fused-ring (bicyclic) bond motifs is 1. The molecule has 2 aromatic rings. The minimum absolute atomic E-state index is 0.0170. The molecule has 0 saturated heterocycles. The van der Waals surface area contributed by atoms with Crippen molar-refractivity contribution in [3.05, 3.63) is 53.6 Å². The van der Waals surface area contributed by atoms with E-state index in [1.54, 1.807) is 0 Å². The van der Waals surface area contributed by atoms with E-state index in [0.29, 0.717) is 5.92 Å². The van der Waals surface area contributed by atoms with E-state index in [-0.39, 0.29) is 11.9 Å². The maximum atomic E-state index is 12.9. The number of para-hydroxylation sites is 1. The van der Waals surface area contributed by atoms with Crippen molar-refractivity contribution in [1.29, 1.82) is 0 Å². The average molecular weight is 337 g/mol. The second-order valence-corrected chi connectivity index (χ2v) is 7.05. The number of carbonyl (C=O) groups is 1. The number of amides is 1. The van der Waals surface area contributed by atoms with Crippen molar-refractivity contribution < 1.29 is 4.79 Å². The molecule has 4 heteroatoms. The number of hydrogen-bond acceptors (Lipinski definition) is 3. The molecule has 0 aromatic heterocycles. The first-order chi connectivity index (χ1) is 12.0. The largest absolute Gasteiger partial charge is 0.398 e. The third-order valence-electron chi connectivity index (χ3n) is 5.01. The molecule has 1 atom stereocenters. The van der Waals surface area contributed by atoms with Crippen molar-refractivity contribution in [3.63, 3.8) is 0 Å². The van der Waals surface area contributed by atoms with Gasteiger partial charge in [0.15, 0.2) is 0 Å². The van der Waals surface area contributed by atoms with Crippen LogP contribution in [0.15, 0.2) is 42.5 Å². The van der Waals surface area contributed by atoms with Gasteiger partial charge >= 0.3 is 0 Å². The van der Waals surface area contributed by atoms with Crippen LogP contribution in [0.25, 0.3) is 0 Å². The molecule has 1 amide bonds. The first-order valence-corrected chi connectivity index (χ1v) is 9.03. The number of benzene rings is 2. The molecule has 1 heterocycles. The highest BCUT2D eigenvalue weighted by atomic mass is 16.2. The van der Waals surface area contributed by atoms with Gasteiger partial charge in [-0.2, -0.15) is 0 Å². The van der Waals surface area contributed by atoms with E-state index in [4.69, 9.17) is 5.73 Å². The normalized spacial score (nSPS) is 15.0. The highest BCUT2D eigenvalue weighted by Crippen LogP contribution is 2.33. The summed E-state index contributed by atoms with van der Waals surface area (Å²) in [6, 6.07) is 13.7. The van der Waals surface area contributed by atoms with Crippen LogP contribution in [0.4, 0.5) is 17.1 Å². The Bertz CT molecular complexity index is 769. The quantitative estimate of drug-likeness (QED) is 0.823. The second-order valence-electron chi connectivity index (χ2n) is 7.05. The molecule has 0 bridgehead atoms. The lowest BCUT2D eigenvalue weighted by Gasteiger charge is -2.36.